The lowest BCUT2D eigenvalue weighted by Crippen LogP contribution is -2.30. The normalized spacial score (nSPS) is 13.9. The second kappa shape index (κ2) is 7.72. The standard InChI is InChI=1S/C16H22N4/c1-13(15-5-3-7-17-11-15)19-9-10-20-14(2)16-6-4-8-18-12-16/h3-8,11-14,19-20H,9-10H2,1-2H3/t13-,14-/m0/s1. The zero-order valence-corrected chi connectivity index (χ0v) is 12.1. The van der Waals surface area contributed by atoms with E-state index in [2.05, 4.69) is 46.6 Å². The molecule has 2 N–H and O–H groups in total. The molecule has 0 unspecified atom stereocenters. The van der Waals surface area contributed by atoms with Gasteiger partial charge in [-0.15, -0.1) is 0 Å². The molecule has 0 saturated heterocycles. The fourth-order valence-corrected chi connectivity index (χ4v) is 2.08. The molecule has 2 rings (SSSR count). The van der Waals surface area contributed by atoms with Gasteiger partial charge in [0.15, 0.2) is 0 Å². The average molecular weight is 270 g/mol. The van der Waals surface area contributed by atoms with Crippen LogP contribution in [0.3, 0.4) is 0 Å². The Morgan fingerprint density at radius 1 is 0.850 bits per heavy atom. The fraction of sp³-hybridized carbons (Fsp3) is 0.375. The van der Waals surface area contributed by atoms with Gasteiger partial charge in [0.05, 0.1) is 0 Å². The van der Waals surface area contributed by atoms with Crippen LogP contribution in [0.4, 0.5) is 0 Å². The van der Waals surface area contributed by atoms with Gasteiger partial charge in [0.25, 0.3) is 0 Å². The van der Waals surface area contributed by atoms with Crippen molar-refractivity contribution in [2.45, 2.75) is 25.9 Å². The summed E-state index contributed by atoms with van der Waals surface area (Å²) >= 11 is 0. The summed E-state index contributed by atoms with van der Waals surface area (Å²) in [6.45, 7) is 6.14. The molecule has 0 saturated carbocycles. The first-order valence-corrected chi connectivity index (χ1v) is 7.04. The van der Waals surface area contributed by atoms with Crippen molar-refractivity contribution in [2.75, 3.05) is 13.1 Å². The lowest BCUT2D eigenvalue weighted by atomic mass is 10.1. The molecule has 0 spiro atoms. The summed E-state index contributed by atoms with van der Waals surface area (Å²) in [5.74, 6) is 0. The van der Waals surface area contributed by atoms with Crippen LogP contribution in [0.5, 0.6) is 0 Å². The SMILES string of the molecule is C[C@H](NCCN[C@@H](C)c1cccnc1)c1cccnc1. The van der Waals surface area contributed by atoms with Gasteiger partial charge in [0, 0.05) is 50.0 Å². The lowest BCUT2D eigenvalue weighted by molar-refractivity contribution is 0.510. The molecule has 2 aromatic rings. The van der Waals surface area contributed by atoms with Crippen molar-refractivity contribution >= 4 is 0 Å². The van der Waals surface area contributed by atoms with Crippen LogP contribution in [-0.2, 0) is 0 Å². The van der Waals surface area contributed by atoms with Crippen LogP contribution in [0.15, 0.2) is 49.1 Å². The monoisotopic (exact) mass is 270 g/mol. The molecule has 20 heavy (non-hydrogen) atoms. The summed E-state index contributed by atoms with van der Waals surface area (Å²) in [6, 6.07) is 8.76. The number of hydrogen-bond acceptors (Lipinski definition) is 4. The summed E-state index contributed by atoms with van der Waals surface area (Å²) in [7, 11) is 0. The van der Waals surface area contributed by atoms with Gasteiger partial charge in [0.1, 0.15) is 0 Å². The third kappa shape index (κ3) is 4.40. The predicted molar refractivity (Wildman–Crippen MR) is 81.3 cm³/mol. The second-order valence-electron chi connectivity index (χ2n) is 4.92. The highest BCUT2D eigenvalue weighted by atomic mass is 15.0. The van der Waals surface area contributed by atoms with Gasteiger partial charge >= 0.3 is 0 Å². The van der Waals surface area contributed by atoms with Crippen LogP contribution in [0.25, 0.3) is 0 Å². The highest BCUT2D eigenvalue weighted by molar-refractivity contribution is 5.13. The molecular weight excluding hydrogens is 248 g/mol. The zero-order chi connectivity index (χ0) is 14.2. The molecule has 4 nitrogen and oxygen atoms in total. The minimum atomic E-state index is 0.319. The van der Waals surface area contributed by atoms with E-state index in [4.69, 9.17) is 0 Å². The Morgan fingerprint density at radius 2 is 1.30 bits per heavy atom. The van der Waals surface area contributed by atoms with E-state index in [1.54, 1.807) is 12.4 Å². The van der Waals surface area contributed by atoms with E-state index in [1.165, 1.54) is 11.1 Å². The number of nitrogens with one attached hydrogen (secondary N) is 2. The Kier molecular flexibility index (Phi) is 5.65. The van der Waals surface area contributed by atoms with Crippen molar-refractivity contribution in [3.63, 3.8) is 0 Å². The molecule has 0 bridgehead atoms. The molecule has 0 amide bonds. The molecule has 0 aliphatic rings. The molecular formula is C16H22N4. The van der Waals surface area contributed by atoms with E-state index >= 15 is 0 Å². The Hall–Kier alpha value is -1.78. The first kappa shape index (κ1) is 14.6. The Bertz CT molecular complexity index is 439. The highest BCUT2D eigenvalue weighted by Crippen LogP contribution is 2.10. The van der Waals surface area contributed by atoms with Crippen LogP contribution in [0.2, 0.25) is 0 Å². The smallest absolute Gasteiger partial charge is 0.0315 e. The Morgan fingerprint density at radius 3 is 1.65 bits per heavy atom. The van der Waals surface area contributed by atoms with Crippen LogP contribution >= 0.6 is 0 Å². The average Bonchev–Trinajstić information content (AvgIpc) is 2.53. The molecule has 0 fully saturated rings. The van der Waals surface area contributed by atoms with Gasteiger partial charge in [-0.05, 0) is 37.1 Å². The first-order valence-electron chi connectivity index (χ1n) is 7.04. The minimum absolute atomic E-state index is 0.319. The van der Waals surface area contributed by atoms with E-state index in [9.17, 15) is 0 Å². The van der Waals surface area contributed by atoms with Crippen LogP contribution in [0.1, 0.15) is 37.1 Å². The van der Waals surface area contributed by atoms with Gasteiger partial charge in [-0.2, -0.15) is 0 Å². The largest absolute Gasteiger partial charge is 0.309 e. The van der Waals surface area contributed by atoms with Crippen LogP contribution < -0.4 is 10.6 Å². The van der Waals surface area contributed by atoms with Crippen molar-refractivity contribution in [3.05, 3.63) is 60.2 Å². The summed E-state index contributed by atoms with van der Waals surface area (Å²) in [4.78, 5) is 8.28. The quantitative estimate of drug-likeness (QED) is 0.759. The van der Waals surface area contributed by atoms with Gasteiger partial charge in [-0.25, -0.2) is 0 Å². The third-order valence-electron chi connectivity index (χ3n) is 3.39. The molecule has 2 atom stereocenters. The van der Waals surface area contributed by atoms with Crippen LogP contribution in [0, 0.1) is 0 Å². The number of aromatic nitrogens is 2. The van der Waals surface area contributed by atoms with Crippen LogP contribution in [-0.4, -0.2) is 23.1 Å². The maximum atomic E-state index is 4.14. The first-order chi connectivity index (χ1) is 9.77. The topological polar surface area (TPSA) is 49.8 Å². The molecule has 106 valence electrons. The Balaban J connectivity index is 1.69. The van der Waals surface area contributed by atoms with Crippen molar-refractivity contribution in [3.8, 4) is 0 Å². The summed E-state index contributed by atoms with van der Waals surface area (Å²) < 4.78 is 0. The highest BCUT2D eigenvalue weighted by Gasteiger charge is 2.06. The van der Waals surface area contributed by atoms with E-state index < -0.39 is 0 Å². The summed E-state index contributed by atoms with van der Waals surface area (Å²) in [5.41, 5.74) is 2.43. The lowest BCUT2D eigenvalue weighted by Gasteiger charge is -2.17. The zero-order valence-electron chi connectivity index (χ0n) is 12.1. The fourth-order valence-electron chi connectivity index (χ4n) is 2.08. The third-order valence-corrected chi connectivity index (χ3v) is 3.39. The van der Waals surface area contributed by atoms with Gasteiger partial charge in [0.2, 0.25) is 0 Å². The molecule has 2 aromatic heterocycles. The van der Waals surface area contributed by atoms with Gasteiger partial charge in [-0.3, -0.25) is 9.97 Å². The Labute approximate surface area is 120 Å². The summed E-state index contributed by atoms with van der Waals surface area (Å²) in [6.07, 6.45) is 7.41. The van der Waals surface area contributed by atoms with E-state index in [0.717, 1.165) is 13.1 Å². The van der Waals surface area contributed by atoms with Crippen molar-refractivity contribution in [1.82, 2.24) is 20.6 Å². The molecule has 0 aliphatic carbocycles. The minimum Gasteiger partial charge on any atom is -0.309 e. The molecule has 2 heterocycles. The molecule has 0 aromatic carbocycles. The number of rotatable bonds is 7. The predicted octanol–water partition coefficient (Wildman–Crippen LogP) is 2.48. The van der Waals surface area contributed by atoms with E-state index in [1.807, 2.05) is 24.5 Å². The molecule has 0 aliphatic heterocycles. The van der Waals surface area contributed by atoms with Gasteiger partial charge < -0.3 is 10.6 Å². The number of pyridine rings is 2. The second-order valence-corrected chi connectivity index (χ2v) is 4.92. The molecule has 4 heteroatoms. The number of hydrogen-bond donors (Lipinski definition) is 2. The van der Waals surface area contributed by atoms with Gasteiger partial charge in [-0.1, -0.05) is 12.1 Å². The van der Waals surface area contributed by atoms with Crippen molar-refractivity contribution < 1.29 is 0 Å². The maximum absolute atomic E-state index is 4.14. The van der Waals surface area contributed by atoms with E-state index in [0.29, 0.717) is 12.1 Å². The molecule has 0 radical (unpaired) electrons. The number of nitrogens with zero attached hydrogens (tertiary/aromatic N) is 2. The van der Waals surface area contributed by atoms with Crippen molar-refractivity contribution in [2.24, 2.45) is 0 Å². The summed E-state index contributed by atoms with van der Waals surface area (Å²) in [5, 5.41) is 6.98. The maximum Gasteiger partial charge on any atom is 0.0315 e. The van der Waals surface area contributed by atoms with E-state index in [-0.39, 0.29) is 0 Å². The van der Waals surface area contributed by atoms with Crippen molar-refractivity contribution in [1.29, 1.82) is 0 Å².